The van der Waals surface area contributed by atoms with Crippen molar-refractivity contribution in [2.45, 2.75) is 0 Å². The number of halogens is 1. The Morgan fingerprint density at radius 2 is 2.19 bits per heavy atom. The van der Waals surface area contributed by atoms with Gasteiger partial charge in [-0.1, -0.05) is 22.0 Å². The SMILES string of the molecule is O=C(N/N=C/c1c(O)[nH]c(=S)[nH]c1=O)c1cccc(Br)c1. The number of carbonyl (C=O) groups excluding carboxylic acids is 1. The average molecular weight is 369 g/mol. The highest BCUT2D eigenvalue weighted by molar-refractivity contribution is 9.10. The topological polar surface area (TPSA) is 110 Å². The molecule has 0 saturated heterocycles. The lowest BCUT2D eigenvalue weighted by molar-refractivity contribution is 0.0955. The summed E-state index contributed by atoms with van der Waals surface area (Å²) < 4.78 is 0.747. The van der Waals surface area contributed by atoms with E-state index in [0.29, 0.717) is 5.56 Å². The van der Waals surface area contributed by atoms with E-state index in [4.69, 9.17) is 0 Å². The van der Waals surface area contributed by atoms with E-state index in [1.54, 1.807) is 24.3 Å². The maximum Gasteiger partial charge on any atom is 0.271 e. The lowest BCUT2D eigenvalue weighted by atomic mass is 10.2. The van der Waals surface area contributed by atoms with Crippen LogP contribution in [0.3, 0.4) is 0 Å². The molecule has 2 rings (SSSR count). The Kier molecular flexibility index (Phi) is 4.66. The van der Waals surface area contributed by atoms with Gasteiger partial charge in [-0.25, -0.2) is 5.43 Å². The minimum Gasteiger partial charge on any atom is -0.494 e. The van der Waals surface area contributed by atoms with Crippen molar-refractivity contribution >= 4 is 40.3 Å². The van der Waals surface area contributed by atoms with Crippen LogP contribution in [-0.2, 0) is 0 Å². The lowest BCUT2D eigenvalue weighted by Crippen LogP contribution is -2.19. The van der Waals surface area contributed by atoms with Crippen molar-refractivity contribution in [1.82, 2.24) is 15.4 Å². The summed E-state index contributed by atoms with van der Waals surface area (Å²) in [5.41, 5.74) is 1.89. The molecule has 1 aromatic heterocycles. The van der Waals surface area contributed by atoms with Gasteiger partial charge in [0.2, 0.25) is 5.88 Å². The first kappa shape index (κ1) is 15.1. The van der Waals surface area contributed by atoms with Gasteiger partial charge in [-0.3, -0.25) is 14.6 Å². The average Bonchev–Trinajstić information content (AvgIpc) is 2.41. The number of amides is 1. The van der Waals surface area contributed by atoms with Crippen molar-refractivity contribution in [1.29, 1.82) is 0 Å². The first-order valence-corrected chi connectivity index (χ1v) is 6.82. The minimum atomic E-state index is -0.614. The molecule has 0 radical (unpaired) electrons. The quantitative estimate of drug-likeness (QED) is 0.375. The lowest BCUT2D eigenvalue weighted by Gasteiger charge is -2.00. The Bertz CT molecular complexity index is 828. The van der Waals surface area contributed by atoms with Crippen LogP contribution in [0.1, 0.15) is 15.9 Å². The molecule has 21 heavy (non-hydrogen) atoms. The molecular formula is C12H9BrN4O3S. The number of hydrazone groups is 1. The normalized spacial score (nSPS) is 10.7. The van der Waals surface area contributed by atoms with Gasteiger partial charge in [-0.2, -0.15) is 5.10 Å². The van der Waals surface area contributed by atoms with Crippen molar-refractivity contribution in [2.24, 2.45) is 5.10 Å². The molecular weight excluding hydrogens is 360 g/mol. The standard InChI is InChI=1S/C12H9BrN4O3S/c13-7-3-1-2-6(4-7)9(18)17-14-5-8-10(19)15-12(21)16-11(8)20/h1-5H,(H,17,18)(H3,15,16,19,20,21)/b14-5+. The van der Waals surface area contributed by atoms with Crippen molar-refractivity contribution in [3.63, 3.8) is 0 Å². The van der Waals surface area contributed by atoms with Crippen LogP contribution in [-0.4, -0.2) is 27.2 Å². The fraction of sp³-hybridized carbons (Fsp3) is 0. The third-order valence-corrected chi connectivity index (χ3v) is 3.10. The second-order valence-electron chi connectivity index (χ2n) is 3.88. The highest BCUT2D eigenvalue weighted by atomic mass is 79.9. The molecule has 9 heteroatoms. The maximum atomic E-state index is 11.8. The van der Waals surface area contributed by atoms with Crippen LogP contribution in [0.5, 0.6) is 5.88 Å². The zero-order chi connectivity index (χ0) is 15.4. The number of rotatable bonds is 3. The predicted molar refractivity (Wildman–Crippen MR) is 83.1 cm³/mol. The molecule has 0 saturated carbocycles. The van der Waals surface area contributed by atoms with Gasteiger partial charge in [0.15, 0.2) is 4.77 Å². The third-order valence-electron chi connectivity index (χ3n) is 2.41. The van der Waals surface area contributed by atoms with Gasteiger partial charge in [-0.15, -0.1) is 0 Å². The summed E-state index contributed by atoms with van der Waals surface area (Å²) in [4.78, 5) is 28.0. The van der Waals surface area contributed by atoms with Crippen molar-refractivity contribution in [3.05, 3.63) is 55.0 Å². The smallest absolute Gasteiger partial charge is 0.271 e. The van der Waals surface area contributed by atoms with Crippen LogP contribution >= 0.6 is 28.1 Å². The highest BCUT2D eigenvalue weighted by Gasteiger charge is 2.06. The number of nitrogens with zero attached hydrogens (tertiary/aromatic N) is 1. The van der Waals surface area contributed by atoms with Gasteiger partial charge in [-0.05, 0) is 30.4 Å². The number of aromatic nitrogens is 2. The molecule has 0 fully saturated rings. The van der Waals surface area contributed by atoms with Crippen LogP contribution in [0, 0.1) is 4.77 Å². The fourth-order valence-corrected chi connectivity index (χ4v) is 2.04. The monoisotopic (exact) mass is 368 g/mol. The fourth-order valence-electron chi connectivity index (χ4n) is 1.45. The van der Waals surface area contributed by atoms with E-state index in [9.17, 15) is 14.7 Å². The zero-order valence-corrected chi connectivity index (χ0v) is 12.8. The summed E-state index contributed by atoms with van der Waals surface area (Å²) in [7, 11) is 0. The summed E-state index contributed by atoms with van der Waals surface area (Å²) in [6, 6.07) is 6.72. The van der Waals surface area contributed by atoms with Gasteiger partial charge >= 0.3 is 0 Å². The molecule has 0 spiro atoms. The molecule has 0 bridgehead atoms. The summed E-state index contributed by atoms with van der Waals surface area (Å²) in [5, 5.41) is 13.2. The van der Waals surface area contributed by atoms with E-state index in [0.717, 1.165) is 10.7 Å². The molecule has 0 atom stereocenters. The minimum absolute atomic E-state index is 0.00665. The number of carbonyl (C=O) groups is 1. The summed E-state index contributed by atoms with van der Waals surface area (Å²) in [5.74, 6) is -0.878. The zero-order valence-electron chi connectivity index (χ0n) is 10.4. The molecule has 108 valence electrons. The summed E-state index contributed by atoms with van der Waals surface area (Å²) >= 11 is 7.94. The van der Waals surface area contributed by atoms with Gasteiger partial charge in [0.25, 0.3) is 11.5 Å². The number of aromatic amines is 2. The molecule has 0 unspecified atom stereocenters. The highest BCUT2D eigenvalue weighted by Crippen LogP contribution is 2.11. The molecule has 7 nitrogen and oxygen atoms in total. The molecule has 1 heterocycles. The van der Waals surface area contributed by atoms with E-state index in [2.05, 4.69) is 48.6 Å². The summed E-state index contributed by atoms with van der Waals surface area (Å²) in [6.07, 6.45) is 1.02. The van der Waals surface area contributed by atoms with Crippen LogP contribution in [0.4, 0.5) is 0 Å². The maximum absolute atomic E-state index is 11.8. The molecule has 2 aromatic rings. The second-order valence-corrected chi connectivity index (χ2v) is 5.20. The predicted octanol–water partition coefficient (Wildman–Crippen LogP) is 1.66. The van der Waals surface area contributed by atoms with E-state index in [-0.39, 0.29) is 10.3 Å². The van der Waals surface area contributed by atoms with Crippen LogP contribution in [0.15, 0.2) is 38.6 Å². The van der Waals surface area contributed by atoms with Crippen LogP contribution < -0.4 is 11.0 Å². The van der Waals surface area contributed by atoms with Gasteiger partial charge in [0, 0.05) is 10.0 Å². The molecule has 1 aromatic carbocycles. The first-order valence-electron chi connectivity index (χ1n) is 5.62. The van der Waals surface area contributed by atoms with Crippen molar-refractivity contribution in [3.8, 4) is 5.88 Å². The molecule has 1 amide bonds. The second kappa shape index (κ2) is 6.46. The number of hydrogen-bond acceptors (Lipinski definition) is 5. The molecule has 4 N–H and O–H groups in total. The molecule has 0 aliphatic rings. The first-order chi connectivity index (χ1) is 9.97. The van der Waals surface area contributed by atoms with Gasteiger partial charge in [0.05, 0.1) is 6.21 Å². The van der Waals surface area contributed by atoms with E-state index < -0.39 is 17.3 Å². The van der Waals surface area contributed by atoms with Crippen molar-refractivity contribution < 1.29 is 9.90 Å². The van der Waals surface area contributed by atoms with E-state index >= 15 is 0 Å². The third kappa shape index (κ3) is 3.86. The number of aromatic hydroxyl groups is 1. The van der Waals surface area contributed by atoms with Crippen LogP contribution in [0.2, 0.25) is 0 Å². The number of nitrogens with one attached hydrogen (secondary N) is 3. The Morgan fingerprint density at radius 3 is 2.86 bits per heavy atom. The van der Waals surface area contributed by atoms with Crippen molar-refractivity contribution in [2.75, 3.05) is 0 Å². The molecule has 0 aliphatic carbocycles. The number of H-pyrrole nitrogens is 2. The Morgan fingerprint density at radius 1 is 1.43 bits per heavy atom. The molecule has 0 aliphatic heterocycles. The Balaban J connectivity index is 2.15. The van der Waals surface area contributed by atoms with Gasteiger partial charge < -0.3 is 10.1 Å². The number of hydrogen-bond donors (Lipinski definition) is 4. The largest absolute Gasteiger partial charge is 0.494 e. The van der Waals surface area contributed by atoms with E-state index in [1.165, 1.54) is 0 Å². The van der Waals surface area contributed by atoms with E-state index in [1.807, 2.05) is 0 Å². The summed E-state index contributed by atoms with van der Waals surface area (Å²) in [6.45, 7) is 0. The Hall–Kier alpha value is -2.26. The Labute approximate surface area is 131 Å². The number of benzene rings is 1. The van der Waals surface area contributed by atoms with Gasteiger partial charge in [0.1, 0.15) is 5.56 Å². The van der Waals surface area contributed by atoms with Crippen LogP contribution in [0.25, 0.3) is 0 Å².